The van der Waals surface area contributed by atoms with E-state index in [1.807, 2.05) is 0 Å². The van der Waals surface area contributed by atoms with Crippen molar-refractivity contribution >= 4 is 29.2 Å². The van der Waals surface area contributed by atoms with Crippen molar-refractivity contribution in [3.8, 4) is 5.75 Å². The Kier molecular flexibility index (Phi) is 4.67. The first-order valence-corrected chi connectivity index (χ1v) is 10.4. The number of carbonyl (C=O) groups excluding carboxylic acids is 1. The Hall–Kier alpha value is -1.00. The molecule has 1 aromatic carbocycles. The van der Waals surface area contributed by atoms with E-state index in [1.54, 1.807) is 20.8 Å². The summed E-state index contributed by atoms with van der Waals surface area (Å²) in [6, 6.07) is 2.52. The van der Waals surface area contributed by atoms with Crippen LogP contribution in [0.25, 0.3) is 0 Å². The van der Waals surface area contributed by atoms with E-state index < -0.39 is 17.4 Å². The monoisotopic (exact) mass is 414 g/mol. The summed E-state index contributed by atoms with van der Waals surface area (Å²) in [5.74, 6) is 0.342. The number of benzene rings is 1. The molecule has 6 heteroatoms. The van der Waals surface area contributed by atoms with Crippen LogP contribution in [0.3, 0.4) is 0 Å². The summed E-state index contributed by atoms with van der Waals surface area (Å²) in [5, 5.41) is 0.228. The minimum absolute atomic E-state index is 0.0118. The molecule has 0 spiro atoms. The number of ether oxygens (including phenoxy) is 2. The molecule has 2 unspecified atom stereocenters. The van der Waals surface area contributed by atoms with Gasteiger partial charge in [-0.2, -0.15) is 0 Å². The van der Waals surface area contributed by atoms with Gasteiger partial charge < -0.3 is 9.47 Å². The van der Waals surface area contributed by atoms with Crippen molar-refractivity contribution in [1.29, 1.82) is 0 Å². The van der Waals surface area contributed by atoms with E-state index in [9.17, 15) is 9.18 Å². The Bertz CT molecular complexity index is 757. The van der Waals surface area contributed by atoms with Crippen LogP contribution in [0.2, 0.25) is 5.02 Å². The van der Waals surface area contributed by atoms with Gasteiger partial charge in [0, 0.05) is 10.9 Å². The van der Waals surface area contributed by atoms with Crippen LogP contribution in [0, 0.1) is 23.6 Å². The van der Waals surface area contributed by atoms with Crippen LogP contribution < -0.4 is 4.74 Å². The summed E-state index contributed by atoms with van der Waals surface area (Å²) in [7, 11) is 0. The summed E-state index contributed by atoms with van der Waals surface area (Å²) in [6.07, 6.45) is 5.24. The minimum Gasteiger partial charge on any atom is -0.488 e. The van der Waals surface area contributed by atoms with Crippen molar-refractivity contribution in [2.24, 2.45) is 17.8 Å². The van der Waals surface area contributed by atoms with Crippen LogP contribution in [0.1, 0.15) is 63.2 Å². The van der Waals surface area contributed by atoms with Crippen LogP contribution in [0.15, 0.2) is 12.1 Å². The highest BCUT2D eigenvalue weighted by molar-refractivity contribution is 6.32. The van der Waals surface area contributed by atoms with E-state index >= 15 is 0 Å². The fourth-order valence-electron chi connectivity index (χ4n) is 5.33. The highest BCUT2D eigenvalue weighted by Crippen LogP contribution is 2.59. The SMILES string of the molecule is CC(C)(C)OC(=O)c1cc(Cl)c(OC2C3CC4CC2CC(Cl)(C4)C3)cc1F. The Labute approximate surface area is 169 Å². The van der Waals surface area contributed by atoms with Crippen molar-refractivity contribution < 1.29 is 18.7 Å². The van der Waals surface area contributed by atoms with E-state index in [1.165, 1.54) is 12.1 Å². The van der Waals surface area contributed by atoms with Crippen molar-refractivity contribution in [3.63, 3.8) is 0 Å². The zero-order valence-electron chi connectivity index (χ0n) is 15.9. The van der Waals surface area contributed by atoms with Crippen molar-refractivity contribution in [3.05, 3.63) is 28.5 Å². The molecule has 4 aliphatic rings. The molecule has 5 rings (SSSR count). The molecule has 0 radical (unpaired) electrons. The van der Waals surface area contributed by atoms with Crippen LogP contribution in [-0.2, 0) is 4.74 Å². The normalized spacial score (nSPS) is 34.6. The van der Waals surface area contributed by atoms with Crippen molar-refractivity contribution in [2.45, 2.75) is 69.5 Å². The summed E-state index contributed by atoms with van der Waals surface area (Å²) in [6.45, 7) is 5.20. The number of halogens is 3. The van der Waals surface area contributed by atoms with Crippen molar-refractivity contribution in [1.82, 2.24) is 0 Å². The lowest BCUT2D eigenvalue weighted by molar-refractivity contribution is -0.0697. The molecule has 0 N–H and O–H groups in total. The molecule has 2 atom stereocenters. The number of carbonyl (C=O) groups is 1. The average molecular weight is 415 g/mol. The third kappa shape index (κ3) is 3.80. The first-order valence-electron chi connectivity index (χ1n) is 9.61. The predicted molar refractivity (Wildman–Crippen MR) is 103 cm³/mol. The van der Waals surface area contributed by atoms with Gasteiger partial charge in [0.05, 0.1) is 10.6 Å². The maximum atomic E-state index is 14.6. The highest BCUT2D eigenvalue weighted by atomic mass is 35.5. The van der Waals surface area contributed by atoms with Gasteiger partial charge in [-0.1, -0.05) is 11.6 Å². The standard InChI is InChI=1S/C21H25Cl2FO3/c1-20(2,3)27-19(25)14-6-15(22)17(7-16(14)24)26-18-12-4-11-5-13(18)10-21(23,8-11)9-12/h6-7,11-13,18H,4-5,8-10H2,1-3H3. The van der Waals surface area contributed by atoms with Crippen molar-refractivity contribution in [2.75, 3.05) is 0 Å². The van der Waals surface area contributed by atoms with Gasteiger partial charge in [-0.3, -0.25) is 0 Å². The van der Waals surface area contributed by atoms with Crippen LogP contribution >= 0.6 is 23.2 Å². The number of rotatable bonds is 3. The second kappa shape index (κ2) is 6.52. The van der Waals surface area contributed by atoms with Crippen LogP contribution in [-0.4, -0.2) is 22.5 Å². The summed E-state index contributed by atoms with van der Waals surface area (Å²) in [4.78, 5) is 12.1. The summed E-state index contributed by atoms with van der Waals surface area (Å²) in [5.41, 5.74) is -0.879. The largest absolute Gasteiger partial charge is 0.488 e. The Balaban J connectivity index is 1.54. The second-order valence-electron chi connectivity index (χ2n) is 9.47. The maximum Gasteiger partial charge on any atom is 0.341 e. The lowest BCUT2D eigenvalue weighted by atomic mass is 9.54. The maximum absolute atomic E-state index is 14.6. The molecule has 4 aliphatic carbocycles. The minimum atomic E-state index is -0.729. The van der Waals surface area contributed by atoms with Gasteiger partial charge >= 0.3 is 5.97 Å². The Morgan fingerprint density at radius 2 is 1.81 bits per heavy atom. The molecule has 1 aromatic rings. The van der Waals surface area contributed by atoms with Crippen LogP contribution in [0.5, 0.6) is 5.75 Å². The zero-order chi connectivity index (χ0) is 19.6. The number of hydrogen-bond acceptors (Lipinski definition) is 3. The molecular formula is C21H25Cl2FO3. The third-order valence-corrected chi connectivity index (χ3v) is 6.77. The fourth-order valence-corrected chi connectivity index (χ4v) is 6.15. The second-order valence-corrected chi connectivity index (χ2v) is 10.7. The molecule has 27 heavy (non-hydrogen) atoms. The number of esters is 1. The number of hydrogen-bond donors (Lipinski definition) is 0. The Morgan fingerprint density at radius 1 is 1.19 bits per heavy atom. The van der Waals surface area contributed by atoms with Gasteiger partial charge in [0.15, 0.2) is 0 Å². The van der Waals surface area contributed by atoms with E-state index in [4.69, 9.17) is 32.7 Å². The molecule has 0 saturated heterocycles. The molecular weight excluding hydrogens is 390 g/mol. The zero-order valence-corrected chi connectivity index (χ0v) is 17.4. The topological polar surface area (TPSA) is 35.5 Å². The van der Waals surface area contributed by atoms with Gasteiger partial charge in [0.1, 0.15) is 23.3 Å². The molecule has 0 amide bonds. The smallest absolute Gasteiger partial charge is 0.341 e. The molecule has 4 saturated carbocycles. The van der Waals surface area contributed by atoms with Crippen LogP contribution in [0.4, 0.5) is 4.39 Å². The lowest BCUT2D eigenvalue weighted by Crippen LogP contribution is -2.56. The first kappa shape index (κ1) is 19.3. The van der Waals surface area contributed by atoms with E-state index in [0.717, 1.165) is 32.1 Å². The average Bonchev–Trinajstić information content (AvgIpc) is 2.50. The fraction of sp³-hybridized carbons (Fsp3) is 0.667. The Morgan fingerprint density at radius 3 is 2.37 bits per heavy atom. The van der Waals surface area contributed by atoms with E-state index in [0.29, 0.717) is 23.5 Å². The molecule has 4 bridgehead atoms. The summed E-state index contributed by atoms with van der Waals surface area (Å²) < 4.78 is 26.0. The molecule has 0 heterocycles. The quantitative estimate of drug-likeness (QED) is 0.449. The van der Waals surface area contributed by atoms with E-state index in [2.05, 4.69) is 0 Å². The van der Waals surface area contributed by atoms with Gasteiger partial charge in [0.25, 0.3) is 0 Å². The third-order valence-electron chi connectivity index (χ3n) is 6.02. The summed E-state index contributed by atoms with van der Waals surface area (Å²) >= 11 is 13.1. The molecule has 3 nitrogen and oxygen atoms in total. The first-order chi connectivity index (χ1) is 12.5. The molecule has 4 fully saturated rings. The van der Waals surface area contributed by atoms with Gasteiger partial charge in [-0.15, -0.1) is 11.6 Å². The molecule has 148 valence electrons. The predicted octanol–water partition coefficient (Wildman–Crippen LogP) is 6.00. The van der Waals surface area contributed by atoms with Gasteiger partial charge in [-0.25, -0.2) is 9.18 Å². The molecule has 0 aliphatic heterocycles. The number of alkyl halides is 1. The van der Waals surface area contributed by atoms with Gasteiger partial charge in [-0.05, 0) is 76.7 Å². The van der Waals surface area contributed by atoms with E-state index in [-0.39, 0.29) is 21.6 Å². The molecule has 0 aromatic heterocycles. The van der Waals surface area contributed by atoms with Gasteiger partial charge in [0.2, 0.25) is 0 Å². The lowest BCUT2D eigenvalue weighted by Gasteiger charge is -2.57. The highest BCUT2D eigenvalue weighted by Gasteiger charge is 2.55.